The molecule has 0 heterocycles. The van der Waals surface area contributed by atoms with Crippen LogP contribution in [0, 0.1) is 7.43 Å². The summed E-state index contributed by atoms with van der Waals surface area (Å²) in [5.41, 5.74) is 2.44. The van der Waals surface area contributed by atoms with Crippen molar-refractivity contribution in [2.75, 3.05) is 12.8 Å². The Morgan fingerprint density at radius 2 is 1.48 bits per heavy atom. The van der Waals surface area contributed by atoms with Crippen molar-refractivity contribution in [1.82, 2.24) is 4.31 Å². The summed E-state index contributed by atoms with van der Waals surface area (Å²) in [5.74, 6) is 1.04. The minimum absolute atomic E-state index is 0. The molecule has 0 fully saturated rings. The molecular formula is C18H24N2S2Y-2. The van der Waals surface area contributed by atoms with Gasteiger partial charge in [-0.3, -0.25) is 0 Å². The number of hydrogen-bond donors (Lipinski definition) is 1. The second kappa shape index (κ2) is 12.5. The van der Waals surface area contributed by atoms with Crippen LogP contribution in [0.3, 0.4) is 0 Å². The van der Waals surface area contributed by atoms with Gasteiger partial charge in [-0.05, 0) is 12.6 Å². The molecule has 0 bridgehead atoms. The third-order valence-electron chi connectivity index (χ3n) is 3.43. The monoisotopic (exact) mass is 421 g/mol. The van der Waals surface area contributed by atoms with Crippen LogP contribution in [0.15, 0.2) is 60.7 Å². The summed E-state index contributed by atoms with van der Waals surface area (Å²) in [6, 6.07) is 21.0. The van der Waals surface area contributed by atoms with Crippen LogP contribution >= 0.6 is 24.8 Å². The van der Waals surface area contributed by atoms with Crippen molar-refractivity contribution in [2.45, 2.75) is 19.0 Å². The first-order valence-corrected chi connectivity index (χ1v) is 8.42. The molecule has 1 unspecified atom stereocenters. The van der Waals surface area contributed by atoms with Gasteiger partial charge in [-0.1, -0.05) is 91.1 Å². The number of benzene rings is 2. The zero-order chi connectivity index (χ0) is 15.1. The molecule has 2 rings (SSSR count). The molecule has 123 valence electrons. The fourth-order valence-corrected chi connectivity index (χ4v) is 3.55. The van der Waals surface area contributed by atoms with E-state index in [0.717, 1.165) is 5.75 Å². The summed E-state index contributed by atoms with van der Waals surface area (Å²) in [6.45, 7) is 2.17. The van der Waals surface area contributed by atoms with Crippen molar-refractivity contribution in [1.29, 1.82) is 0 Å². The van der Waals surface area contributed by atoms with Crippen LogP contribution in [0.25, 0.3) is 4.72 Å². The van der Waals surface area contributed by atoms with Gasteiger partial charge in [0.05, 0.1) is 0 Å². The van der Waals surface area contributed by atoms with Gasteiger partial charge in [-0.2, -0.15) is 0 Å². The van der Waals surface area contributed by atoms with Gasteiger partial charge in [0.25, 0.3) is 0 Å². The molecule has 0 aliphatic rings. The van der Waals surface area contributed by atoms with Crippen molar-refractivity contribution < 1.29 is 32.7 Å². The standard InChI is InChI=1S/C17H21N2S2.CH3.Y/c1-3-21-19(2)17(15-12-8-5-9-13-15)16(18-20)14-10-6-4-7-11-14;;/h4-13,16-17,20H,3H2,1-2H3;1H3;/q2*-1;/t16?,17-;;/m1../s1. The van der Waals surface area contributed by atoms with Crippen LogP contribution in [-0.4, -0.2) is 17.1 Å². The second-order valence-electron chi connectivity index (χ2n) is 4.79. The Labute approximate surface area is 176 Å². The van der Waals surface area contributed by atoms with E-state index in [1.165, 1.54) is 11.1 Å². The van der Waals surface area contributed by atoms with E-state index in [1.54, 1.807) is 0 Å². The average molecular weight is 421 g/mol. The van der Waals surface area contributed by atoms with Crippen LogP contribution in [0.4, 0.5) is 0 Å². The van der Waals surface area contributed by atoms with Gasteiger partial charge < -0.3 is 25.0 Å². The van der Waals surface area contributed by atoms with Gasteiger partial charge in [0.2, 0.25) is 0 Å². The number of thiol groups is 1. The van der Waals surface area contributed by atoms with E-state index in [0.29, 0.717) is 0 Å². The Morgan fingerprint density at radius 3 is 1.91 bits per heavy atom. The first-order chi connectivity index (χ1) is 10.3. The number of hydrogen-bond acceptors (Lipinski definition) is 3. The van der Waals surface area contributed by atoms with Crippen molar-refractivity contribution in [2.24, 2.45) is 0 Å². The number of rotatable bonds is 7. The topological polar surface area (TPSA) is 17.3 Å². The third kappa shape index (κ3) is 6.52. The van der Waals surface area contributed by atoms with Crippen LogP contribution < -0.4 is 0 Å². The quantitative estimate of drug-likeness (QED) is 0.349. The average Bonchev–Trinajstić information content (AvgIpc) is 2.54. The molecule has 0 amide bonds. The molecule has 2 aromatic rings. The maximum absolute atomic E-state index is 4.38. The van der Waals surface area contributed by atoms with Crippen LogP contribution in [0.1, 0.15) is 30.1 Å². The Balaban J connectivity index is 0.00000242. The van der Waals surface area contributed by atoms with Gasteiger partial charge in [0, 0.05) is 44.5 Å². The van der Waals surface area contributed by atoms with E-state index in [2.05, 4.69) is 84.3 Å². The first-order valence-electron chi connectivity index (χ1n) is 7.07. The molecule has 2 nitrogen and oxygen atoms in total. The third-order valence-corrected chi connectivity index (χ3v) is 4.57. The molecule has 1 radical (unpaired) electrons. The molecule has 0 saturated carbocycles. The largest absolute Gasteiger partial charge is 0.601 e. The molecule has 0 aromatic heterocycles. The van der Waals surface area contributed by atoms with Crippen molar-refractivity contribution in [3.8, 4) is 0 Å². The van der Waals surface area contributed by atoms with Crippen LogP contribution in [0.2, 0.25) is 0 Å². The predicted octanol–water partition coefficient (Wildman–Crippen LogP) is 5.74. The molecule has 0 aliphatic heterocycles. The van der Waals surface area contributed by atoms with Crippen molar-refractivity contribution in [3.05, 3.63) is 83.9 Å². The molecule has 2 atom stereocenters. The molecule has 0 spiro atoms. The summed E-state index contributed by atoms with van der Waals surface area (Å²) < 4.78 is 6.66. The minimum Gasteiger partial charge on any atom is -0.601 e. The van der Waals surface area contributed by atoms with Gasteiger partial charge >= 0.3 is 0 Å². The molecule has 0 saturated heterocycles. The van der Waals surface area contributed by atoms with E-state index >= 15 is 0 Å². The van der Waals surface area contributed by atoms with E-state index in [-0.39, 0.29) is 52.2 Å². The Hall–Kier alpha value is 0.164. The minimum atomic E-state index is 0. The van der Waals surface area contributed by atoms with Gasteiger partial charge in [0.15, 0.2) is 0 Å². The van der Waals surface area contributed by atoms with Gasteiger partial charge in [-0.15, -0.1) is 0 Å². The zero-order valence-corrected chi connectivity index (χ0v) is 18.5. The van der Waals surface area contributed by atoms with Crippen molar-refractivity contribution >= 4 is 24.8 Å². The van der Waals surface area contributed by atoms with E-state index in [9.17, 15) is 0 Å². The fraction of sp³-hybridized carbons (Fsp3) is 0.278. The summed E-state index contributed by atoms with van der Waals surface area (Å²) in [5, 5.41) is 0. The molecule has 0 N–H and O–H groups in total. The first kappa shape index (κ1) is 23.2. The molecule has 0 aliphatic carbocycles. The van der Waals surface area contributed by atoms with Crippen LogP contribution in [-0.2, 0) is 32.7 Å². The molecule has 23 heavy (non-hydrogen) atoms. The summed E-state index contributed by atoms with van der Waals surface area (Å²) in [7, 11) is 2.13. The van der Waals surface area contributed by atoms with Crippen LogP contribution in [0.5, 0.6) is 0 Å². The molecule has 2 aromatic carbocycles. The van der Waals surface area contributed by atoms with Gasteiger partial charge in [-0.25, -0.2) is 4.31 Å². The Bertz CT molecular complexity index is 525. The smallest absolute Gasteiger partial charge is 0.0334 e. The zero-order valence-electron chi connectivity index (χ0n) is 14.0. The maximum Gasteiger partial charge on any atom is 0.0334 e. The SMILES string of the molecule is CCSN(C)[C@H](c1ccccc1)C([N-]S)c1ccccc1.[CH3-].[Y]. The summed E-state index contributed by atoms with van der Waals surface area (Å²) in [4.78, 5) is 0. The second-order valence-corrected chi connectivity index (χ2v) is 6.43. The van der Waals surface area contributed by atoms with E-state index < -0.39 is 0 Å². The Morgan fingerprint density at radius 1 is 1.00 bits per heavy atom. The van der Waals surface area contributed by atoms with E-state index in [4.69, 9.17) is 0 Å². The van der Waals surface area contributed by atoms with Crippen molar-refractivity contribution in [3.63, 3.8) is 0 Å². The summed E-state index contributed by atoms with van der Waals surface area (Å²) >= 11 is 6.08. The molecular weight excluding hydrogens is 397 g/mol. The van der Waals surface area contributed by atoms with Gasteiger partial charge in [0.1, 0.15) is 0 Å². The fourth-order valence-electron chi connectivity index (χ4n) is 2.49. The summed E-state index contributed by atoms with van der Waals surface area (Å²) in [6.07, 6.45) is 0. The van der Waals surface area contributed by atoms with E-state index in [1.807, 2.05) is 24.1 Å². The number of nitrogens with zero attached hydrogens (tertiary/aromatic N) is 2. The predicted molar refractivity (Wildman–Crippen MR) is 103 cm³/mol. The normalized spacial score (nSPS) is 12.9. The Kier molecular flexibility index (Phi) is 12.6. The molecule has 5 heteroatoms. The number of likely N-dealkylation sites (N-methyl/N-ethyl adjacent to an activating group) is 1. The maximum atomic E-state index is 4.38.